The highest BCUT2D eigenvalue weighted by atomic mass is 32.8. The standard InChI is InChI=1S/C9H23O5P3S3/c1-6-18-15(5,10)14-17(13,20-8-3)9(4)16(11,12)19-7-2/h9H,6-8H2,1-5H3,(H,11,12). The van der Waals surface area contributed by atoms with Gasteiger partial charge in [0.15, 0.2) is 0 Å². The molecule has 0 spiro atoms. The quantitative estimate of drug-likeness (QED) is 0.460. The van der Waals surface area contributed by atoms with E-state index < -0.39 is 25.1 Å². The number of hydrogen-bond acceptors (Lipinski definition) is 7. The lowest BCUT2D eigenvalue weighted by Gasteiger charge is -2.28. The van der Waals surface area contributed by atoms with Gasteiger partial charge in [-0.25, -0.2) is 0 Å². The Labute approximate surface area is 133 Å². The summed E-state index contributed by atoms with van der Waals surface area (Å²) in [4.78, 5) is 10.0. The van der Waals surface area contributed by atoms with Crippen LogP contribution in [0.4, 0.5) is 0 Å². The summed E-state index contributed by atoms with van der Waals surface area (Å²) in [5.41, 5.74) is 0. The second kappa shape index (κ2) is 9.08. The molecule has 0 radical (unpaired) electrons. The topological polar surface area (TPSA) is 80.7 Å². The zero-order valence-corrected chi connectivity index (χ0v) is 17.5. The van der Waals surface area contributed by atoms with Crippen molar-refractivity contribution in [3.05, 3.63) is 0 Å². The molecule has 0 rings (SSSR count). The van der Waals surface area contributed by atoms with Crippen molar-refractivity contribution in [2.75, 3.05) is 23.9 Å². The molecule has 0 amide bonds. The van der Waals surface area contributed by atoms with E-state index in [0.29, 0.717) is 17.3 Å². The van der Waals surface area contributed by atoms with E-state index in [-0.39, 0.29) is 0 Å². The maximum Gasteiger partial charge on any atom is 0.276 e. The molecule has 0 saturated heterocycles. The molecule has 0 aliphatic heterocycles. The Morgan fingerprint density at radius 3 is 1.85 bits per heavy atom. The Morgan fingerprint density at radius 1 is 1.00 bits per heavy atom. The molecule has 0 aliphatic rings. The van der Waals surface area contributed by atoms with E-state index >= 15 is 0 Å². The summed E-state index contributed by atoms with van der Waals surface area (Å²) >= 11 is 2.97. The molecule has 11 heteroatoms. The Balaban J connectivity index is 5.35. The fourth-order valence-electron chi connectivity index (χ4n) is 1.32. The highest BCUT2D eigenvalue weighted by molar-refractivity contribution is 8.65. The fraction of sp³-hybridized carbons (Fsp3) is 1.00. The summed E-state index contributed by atoms with van der Waals surface area (Å²) < 4.78 is 42.8. The van der Waals surface area contributed by atoms with Crippen LogP contribution in [-0.2, 0) is 18.0 Å². The van der Waals surface area contributed by atoms with E-state index in [1.54, 1.807) is 13.8 Å². The lowest BCUT2D eigenvalue weighted by Crippen LogP contribution is -2.03. The molecular weight excluding hydrogens is 377 g/mol. The van der Waals surface area contributed by atoms with Crippen LogP contribution in [0.2, 0.25) is 0 Å². The molecule has 0 aromatic carbocycles. The minimum Gasteiger partial charge on any atom is -0.336 e. The second-order valence-corrected chi connectivity index (χ2v) is 20.1. The molecule has 0 aromatic rings. The van der Waals surface area contributed by atoms with Gasteiger partial charge in [0.05, 0.1) is 0 Å². The van der Waals surface area contributed by atoms with Crippen LogP contribution in [0.3, 0.4) is 0 Å². The van der Waals surface area contributed by atoms with Crippen LogP contribution in [0.5, 0.6) is 0 Å². The van der Waals surface area contributed by atoms with Crippen LogP contribution in [0.1, 0.15) is 27.7 Å². The van der Waals surface area contributed by atoms with Crippen molar-refractivity contribution in [1.82, 2.24) is 0 Å². The first-order chi connectivity index (χ1) is 9.04. The van der Waals surface area contributed by atoms with Crippen LogP contribution in [0.25, 0.3) is 0 Å². The van der Waals surface area contributed by atoms with Crippen LogP contribution < -0.4 is 0 Å². The van der Waals surface area contributed by atoms with Gasteiger partial charge < -0.3 is 4.89 Å². The minimum absolute atomic E-state index is 0.447. The van der Waals surface area contributed by atoms with E-state index in [9.17, 15) is 18.6 Å². The zero-order valence-electron chi connectivity index (χ0n) is 12.3. The van der Waals surface area contributed by atoms with Gasteiger partial charge in [0.2, 0.25) is 0 Å². The number of hydrogen-bond donors (Lipinski definition) is 1. The summed E-state index contributed by atoms with van der Waals surface area (Å²) in [6.45, 7) is -2.04. The SMILES string of the molecule is CCSP(C)(=O)OP(=O)(SCC)C(C)P(=O)(O)SCC. The van der Waals surface area contributed by atoms with Gasteiger partial charge in [0.25, 0.3) is 19.7 Å². The van der Waals surface area contributed by atoms with E-state index in [1.807, 2.05) is 6.92 Å². The van der Waals surface area contributed by atoms with Crippen molar-refractivity contribution in [3.63, 3.8) is 0 Å². The molecule has 0 heterocycles. The summed E-state index contributed by atoms with van der Waals surface area (Å²) in [6, 6.07) is 0. The Hall–Kier alpha value is 1.66. The maximum absolute atomic E-state index is 12.9. The van der Waals surface area contributed by atoms with Crippen molar-refractivity contribution in [3.8, 4) is 0 Å². The Bertz CT molecular complexity index is 445. The summed E-state index contributed by atoms with van der Waals surface area (Å²) in [5.74, 6) is 1.48. The third-order valence-electron chi connectivity index (χ3n) is 2.18. The van der Waals surface area contributed by atoms with Crippen LogP contribution in [-0.4, -0.2) is 34.2 Å². The average molecular weight is 400 g/mol. The summed E-state index contributed by atoms with van der Waals surface area (Å²) in [5, 5.41) is -1.03. The summed E-state index contributed by atoms with van der Waals surface area (Å²) in [7, 11) is 0. The lowest BCUT2D eigenvalue weighted by molar-refractivity contribution is 0.471. The summed E-state index contributed by atoms with van der Waals surface area (Å²) in [6.07, 6.45) is 0. The predicted octanol–water partition coefficient (Wildman–Crippen LogP) is 5.81. The number of rotatable bonds is 10. The van der Waals surface area contributed by atoms with E-state index in [0.717, 1.165) is 34.1 Å². The molecule has 0 aliphatic carbocycles. The highest BCUT2D eigenvalue weighted by Crippen LogP contribution is 2.82. The lowest BCUT2D eigenvalue weighted by atomic mass is 11.0. The highest BCUT2D eigenvalue weighted by Gasteiger charge is 2.46. The third-order valence-corrected chi connectivity index (χ3v) is 19.9. The van der Waals surface area contributed by atoms with Crippen LogP contribution >= 0.6 is 53.9 Å². The molecule has 0 aromatic heterocycles. The average Bonchev–Trinajstić information content (AvgIpc) is 2.27. The largest absolute Gasteiger partial charge is 0.336 e. The van der Waals surface area contributed by atoms with Gasteiger partial charge >= 0.3 is 0 Å². The van der Waals surface area contributed by atoms with E-state index in [2.05, 4.69) is 0 Å². The van der Waals surface area contributed by atoms with Crippen molar-refractivity contribution in [2.45, 2.75) is 33.1 Å². The maximum atomic E-state index is 12.9. The van der Waals surface area contributed by atoms with E-state index in [1.165, 1.54) is 13.6 Å². The molecule has 4 atom stereocenters. The monoisotopic (exact) mass is 400 g/mol. The minimum atomic E-state index is -3.66. The smallest absolute Gasteiger partial charge is 0.276 e. The normalized spacial score (nSPS) is 22.5. The van der Waals surface area contributed by atoms with Crippen molar-refractivity contribution >= 4 is 53.9 Å². The first-order valence-electron chi connectivity index (χ1n) is 6.19. The van der Waals surface area contributed by atoms with Crippen molar-refractivity contribution in [1.29, 1.82) is 0 Å². The molecular formula is C9H23O5P3S3. The van der Waals surface area contributed by atoms with Gasteiger partial charge in [-0.2, -0.15) is 0 Å². The van der Waals surface area contributed by atoms with Gasteiger partial charge in [-0.3, -0.25) is 18.0 Å². The van der Waals surface area contributed by atoms with Gasteiger partial charge in [-0.15, -0.1) is 0 Å². The first kappa shape index (κ1) is 21.7. The Kier molecular flexibility index (Phi) is 9.83. The third kappa shape index (κ3) is 6.83. The molecule has 5 nitrogen and oxygen atoms in total. The molecule has 4 unspecified atom stereocenters. The molecule has 122 valence electrons. The molecule has 1 N–H and O–H groups in total. The molecule has 0 bridgehead atoms. The predicted molar refractivity (Wildman–Crippen MR) is 95.9 cm³/mol. The molecule has 0 saturated carbocycles. The molecule has 20 heavy (non-hydrogen) atoms. The first-order valence-corrected chi connectivity index (χ1v) is 16.5. The zero-order chi connectivity index (χ0) is 16.0. The van der Waals surface area contributed by atoms with E-state index in [4.69, 9.17) is 4.31 Å². The Morgan fingerprint density at radius 2 is 1.45 bits per heavy atom. The van der Waals surface area contributed by atoms with Gasteiger partial charge in [0, 0.05) is 6.66 Å². The van der Waals surface area contributed by atoms with Crippen molar-refractivity contribution < 1.29 is 22.9 Å². The van der Waals surface area contributed by atoms with Gasteiger partial charge in [0.1, 0.15) is 5.40 Å². The van der Waals surface area contributed by atoms with Crippen molar-refractivity contribution in [2.24, 2.45) is 0 Å². The second-order valence-electron chi connectivity index (χ2n) is 3.84. The van der Waals surface area contributed by atoms with Gasteiger partial charge in [-0.1, -0.05) is 54.9 Å². The fourth-order valence-corrected chi connectivity index (χ4v) is 19.5. The molecule has 0 fully saturated rings. The van der Waals surface area contributed by atoms with Gasteiger partial charge in [-0.05, 0) is 24.2 Å². The van der Waals surface area contributed by atoms with Crippen LogP contribution in [0, 0.1) is 0 Å². The van der Waals surface area contributed by atoms with Crippen LogP contribution in [0.15, 0.2) is 0 Å².